The Balaban J connectivity index is 2.61. The minimum Gasteiger partial charge on any atom is -0.316 e. The zero-order chi connectivity index (χ0) is 12.0. The predicted octanol–water partition coefficient (Wildman–Crippen LogP) is 2.66. The highest BCUT2D eigenvalue weighted by Crippen LogP contribution is 2.32. The lowest BCUT2D eigenvalue weighted by Gasteiger charge is -2.36. The third-order valence-corrected chi connectivity index (χ3v) is 3.74. The molecule has 0 aromatic rings. The zero-order valence-corrected chi connectivity index (χ0v) is 11.3. The number of nitrogens with one attached hydrogen (secondary N) is 1. The molecule has 1 heterocycles. The fourth-order valence-corrected chi connectivity index (χ4v) is 2.81. The van der Waals surface area contributed by atoms with Crippen LogP contribution in [0.15, 0.2) is 12.7 Å². The minimum absolute atomic E-state index is 0.516. The van der Waals surface area contributed by atoms with Gasteiger partial charge in [-0.25, -0.2) is 0 Å². The monoisotopic (exact) mass is 224 g/mol. The molecule has 1 rings (SSSR count). The Hall–Kier alpha value is -0.340. The fraction of sp³-hybridized carbons (Fsp3) is 0.857. The summed E-state index contributed by atoms with van der Waals surface area (Å²) < 4.78 is 0. The largest absolute Gasteiger partial charge is 0.316 e. The first-order valence-corrected chi connectivity index (χ1v) is 6.69. The van der Waals surface area contributed by atoms with Crippen LogP contribution in [-0.2, 0) is 0 Å². The van der Waals surface area contributed by atoms with Gasteiger partial charge in [0.2, 0.25) is 0 Å². The van der Waals surface area contributed by atoms with Crippen molar-refractivity contribution in [3.8, 4) is 0 Å². The molecule has 0 radical (unpaired) electrons. The Morgan fingerprint density at radius 2 is 2.25 bits per heavy atom. The molecule has 1 aliphatic rings. The topological polar surface area (TPSA) is 15.3 Å². The Labute approximate surface area is 101 Å². The third-order valence-electron chi connectivity index (χ3n) is 3.74. The van der Waals surface area contributed by atoms with E-state index in [4.69, 9.17) is 0 Å². The maximum atomic E-state index is 3.87. The van der Waals surface area contributed by atoms with E-state index in [9.17, 15) is 0 Å². The van der Waals surface area contributed by atoms with Gasteiger partial charge in [-0.3, -0.25) is 4.90 Å². The number of hydrogen-bond acceptors (Lipinski definition) is 2. The number of nitrogens with zero attached hydrogens (tertiary/aromatic N) is 1. The van der Waals surface area contributed by atoms with Crippen LogP contribution in [0, 0.1) is 5.41 Å². The fourth-order valence-electron chi connectivity index (χ4n) is 2.81. The SMILES string of the molecule is C=CCN(CC1(CCC)CCNC1)C(C)C. The van der Waals surface area contributed by atoms with Crippen molar-refractivity contribution in [2.45, 2.75) is 46.1 Å². The Bertz CT molecular complexity index is 205. The van der Waals surface area contributed by atoms with E-state index in [0.717, 1.165) is 6.54 Å². The molecule has 16 heavy (non-hydrogen) atoms. The van der Waals surface area contributed by atoms with E-state index in [0.29, 0.717) is 11.5 Å². The van der Waals surface area contributed by atoms with Gasteiger partial charge in [-0.2, -0.15) is 0 Å². The minimum atomic E-state index is 0.516. The average molecular weight is 224 g/mol. The van der Waals surface area contributed by atoms with Crippen LogP contribution in [0.3, 0.4) is 0 Å². The van der Waals surface area contributed by atoms with Gasteiger partial charge in [0.25, 0.3) is 0 Å². The molecule has 1 aliphatic heterocycles. The van der Waals surface area contributed by atoms with Crippen molar-refractivity contribution in [1.82, 2.24) is 10.2 Å². The first kappa shape index (κ1) is 13.7. The summed E-state index contributed by atoms with van der Waals surface area (Å²) >= 11 is 0. The molecular weight excluding hydrogens is 196 g/mol. The third kappa shape index (κ3) is 3.60. The van der Waals surface area contributed by atoms with Crippen LogP contribution in [0.1, 0.15) is 40.0 Å². The van der Waals surface area contributed by atoms with Gasteiger partial charge in [0, 0.05) is 25.7 Å². The van der Waals surface area contributed by atoms with Crippen molar-refractivity contribution in [3.63, 3.8) is 0 Å². The quantitative estimate of drug-likeness (QED) is 0.669. The van der Waals surface area contributed by atoms with Crippen LogP contribution >= 0.6 is 0 Å². The van der Waals surface area contributed by atoms with E-state index in [2.05, 4.69) is 37.6 Å². The Morgan fingerprint density at radius 1 is 1.50 bits per heavy atom. The van der Waals surface area contributed by atoms with E-state index >= 15 is 0 Å². The second kappa shape index (κ2) is 6.41. The van der Waals surface area contributed by atoms with Crippen molar-refractivity contribution in [1.29, 1.82) is 0 Å². The molecule has 0 aromatic heterocycles. The highest BCUT2D eigenvalue weighted by atomic mass is 15.2. The van der Waals surface area contributed by atoms with Gasteiger partial charge in [0.05, 0.1) is 0 Å². The molecule has 94 valence electrons. The van der Waals surface area contributed by atoms with Crippen LogP contribution in [0.5, 0.6) is 0 Å². The van der Waals surface area contributed by atoms with Gasteiger partial charge in [-0.15, -0.1) is 6.58 Å². The normalized spacial score (nSPS) is 25.6. The number of hydrogen-bond donors (Lipinski definition) is 1. The molecule has 1 unspecified atom stereocenters. The van der Waals surface area contributed by atoms with E-state index < -0.39 is 0 Å². The highest BCUT2D eigenvalue weighted by molar-refractivity contribution is 4.92. The van der Waals surface area contributed by atoms with Crippen LogP contribution in [0.2, 0.25) is 0 Å². The van der Waals surface area contributed by atoms with Crippen molar-refractivity contribution < 1.29 is 0 Å². The lowest BCUT2D eigenvalue weighted by Crippen LogP contribution is -2.42. The Kier molecular flexibility index (Phi) is 5.50. The van der Waals surface area contributed by atoms with Gasteiger partial charge in [-0.1, -0.05) is 19.4 Å². The van der Waals surface area contributed by atoms with E-state index in [1.165, 1.54) is 38.9 Å². The van der Waals surface area contributed by atoms with Gasteiger partial charge in [-0.05, 0) is 38.6 Å². The van der Waals surface area contributed by atoms with Crippen LogP contribution in [-0.4, -0.2) is 37.1 Å². The van der Waals surface area contributed by atoms with Crippen molar-refractivity contribution in [2.24, 2.45) is 5.41 Å². The van der Waals surface area contributed by atoms with Gasteiger partial charge >= 0.3 is 0 Å². The lowest BCUT2D eigenvalue weighted by atomic mass is 9.81. The number of rotatable bonds is 7. The van der Waals surface area contributed by atoms with Crippen LogP contribution < -0.4 is 5.32 Å². The van der Waals surface area contributed by atoms with Gasteiger partial charge in [0.1, 0.15) is 0 Å². The lowest BCUT2D eigenvalue weighted by molar-refractivity contribution is 0.137. The van der Waals surface area contributed by atoms with Crippen molar-refractivity contribution in [3.05, 3.63) is 12.7 Å². The predicted molar refractivity (Wildman–Crippen MR) is 71.7 cm³/mol. The molecule has 1 saturated heterocycles. The van der Waals surface area contributed by atoms with Crippen molar-refractivity contribution in [2.75, 3.05) is 26.2 Å². The first-order valence-electron chi connectivity index (χ1n) is 6.69. The molecule has 1 fully saturated rings. The maximum Gasteiger partial charge on any atom is 0.0163 e. The molecule has 0 saturated carbocycles. The first-order chi connectivity index (χ1) is 7.63. The van der Waals surface area contributed by atoms with Crippen LogP contribution in [0.4, 0.5) is 0 Å². The van der Waals surface area contributed by atoms with Gasteiger partial charge in [0.15, 0.2) is 0 Å². The standard InChI is InChI=1S/C14H28N2/c1-5-7-14(8-9-15-11-14)12-16(10-6-2)13(3)4/h6,13,15H,2,5,7-12H2,1,3-4H3. The maximum absolute atomic E-state index is 3.87. The highest BCUT2D eigenvalue weighted by Gasteiger charge is 2.34. The zero-order valence-electron chi connectivity index (χ0n) is 11.3. The summed E-state index contributed by atoms with van der Waals surface area (Å²) in [5.74, 6) is 0. The summed E-state index contributed by atoms with van der Waals surface area (Å²) in [6.07, 6.45) is 6.01. The summed E-state index contributed by atoms with van der Waals surface area (Å²) in [4.78, 5) is 2.55. The summed E-state index contributed by atoms with van der Waals surface area (Å²) in [6, 6.07) is 0.618. The molecule has 0 aromatic carbocycles. The van der Waals surface area contributed by atoms with E-state index in [1.807, 2.05) is 6.08 Å². The van der Waals surface area contributed by atoms with Crippen LogP contribution in [0.25, 0.3) is 0 Å². The smallest absolute Gasteiger partial charge is 0.0163 e. The molecular formula is C14H28N2. The van der Waals surface area contributed by atoms with Crippen molar-refractivity contribution >= 4 is 0 Å². The molecule has 2 heteroatoms. The summed E-state index contributed by atoms with van der Waals surface area (Å²) in [5.41, 5.74) is 0.516. The summed E-state index contributed by atoms with van der Waals surface area (Å²) in [6.45, 7) is 15.4. The summed E-state index contributed by atoms with van der Waals surface area (Å²) in [7, 11) is 0. The molecule has 1 N–H and O–H groups in total. The molecule has 2 nitrogen and oxygen atoms in total. The second-order valence-corrected chi connectivity index (χ2v) is 5.49. The average Bonchev–Trinajstić information content (AvgIpc) is 2.66. The van der Waals surface area contributed by atoms with Gasteiger partial charge < -0.3 is 5.32 Å². The Morgan fingerprint density at radius 3 is 2.69 bits per heavy atom. The molecule has 0 bridgehead atoms. The molecule has 1 atom stereocenters. The second-order valence-electron chi connectivity index (χ2n) is 5.49. The van der Waals surface area contributed by atoms with E-state index in [-0.39, 0.29) is 0 Å². The molecule has 0 spiro atoms. The summed E-state index contributed by atoms with van der Waals surface area (Å²) in [5, 5.41) is 3.53. The molecule has 0 aliphatic carbocycles. The molecule has 0 amide bonds. The van der Waals surface area contributed by atoms with E-state index in [1.54, 1.807) is 0 Å².